The second kappa shape index (κ2) is 9.21. The number of ketones is 1. The zero-order valence-electron chi connectivity index (χ0n) is 19.7. The lowest BCUT2D eigenvalue weighted by atomic mass is 9.85. The van der Waals surface area contributed by atoms with Crippen LogP contribution in [0, 0.1) is 11.8 Å². The number of benzene rings is 1. The molecule has 0 amide bonds. The Morgan fingerprint density at radius 3 is 2.43 bits per heavy atom. The number of hydrogen-bond donors (Lipinski definition) is 0. The molecule has 0 radical (unpaired) electrons. The third kappa shape index (κ3) is 5.80. The van der Waals surface area contributed by atoms with Crippen molar-refractivity contribution in [2.75, 3.05) is 19.8 Å². The molecule has 2 fully saturated rings. The molecule has 6 heteroatoms. The maximum Gasteiger partial charge on any atom is 0.187 e. The summed E-state index contributed by atoms with van der Waals surface area (Å²) in [5, 5.41) is 0. The molecule has 168 valence electrons. The van der Waals surface area contributed by atoms with Crippen molar-refractivity contribution in [3.05, 3.63) is 35.9 Å². The van der Waals surface area contributed by atoms with Gasteiger partial charge in [0.2, 0.25) is 0 Å². The summed E-state index contributed by atoms with van der Waals surface area (Å²) >= 11 is 0. The fraction of sp³-hybridized carbons (Fsp3) is 0.708. The normalized spacial score (nSPS) is 30.3. The molecule has 1 unspecified atom stereocenters. The third-order valence-corrected chi connectivity index (χ3v) is 6.95. The first-order valence-electron chi connectivity index (χ1n) is 11.2. The summed E-state index contributed by atoms with van der Waals surface area (Å²) in [5.41, 5.74) is 1.05. The van der Waals surface area contributed by atoms with Gasteiger partial charge in [-0.05, 0) is 65.2 Å². The van der Waals surface area contributed by atoms with E-state index >= 15 is 0 Å². The molecule has 5 atom stereocenters. The highest BCUT2D eigenvalue weighted by atomic mass is 28.4. The lowest BCUT2D eigenvalue weighted by Gasteiger charge is -2.45. The van der Waals surface area contributed by atoms with E-state index in [4.69, 9.17) is 13.9 Å². The second-order valence-corrected chi connectivity index (χ2v) is 15.1. The van der Waals surface area contributed by atoms with Crippen molar-refractivity contribution in [3.63, 3.8) is 0 Å². The fourth-order valence-electron chi connectivity index (χ4n) is 4.76. The number of Topliss-reactive ketones (excluding diaryl/α,β-unsaturated/α-hetero) is 1. The highest BCUT2D eigenvalue weighted by Crippen LogP contribution is 2.44. The number of hydrogen-bond acceptors (Lipinski definition) is 5. The molecule has 1 aromatic carbocycles. The first-order valence-corrected chi connectivity index (χ1v) is 14.6. The molecule has 3 rings (SSSR count). The molecule has 0 bridgehead atoms. The number of carbonyl (C=O) groups is 1. The van der Waals surface area contributed by atoms with Gasteiger partial charge in [-0.3, -0.25) is 9.69 Å². The van der Waals surface area contributed by atoms with Crippen LogP contribution in [0.15, 0.2) is 30.3 Å². The van der Waals surface area contributed by atoms with E-state index in [0.717, 1.165) is 13.0 Å². The van der Waals surface area contributed by atoms with Gasteiger partial charge in [-0.25, -0.2) is 0 Å². The van der Waals surface area contributed by atoms with Crippen molar-refractivity contribution in [1.82, 2.24) is 4.90 Å². The summed E-state index contributed by atoms with van der Waals surface area (Å²) in [5.74, 6) is 0.403. The second-order valence-electron chi connectivity index (χ2n) is 10.7. The Bertz CT molecular complexity index is 712. The monoisotopic (exact) mass is 433 g/mol. The summed E-state index contributed by atoms with van der Waals surface area (Å²) in [6, 6.07) is 10.7. The Hall–Kier alpha value is -1.05. The van der Waals surface area contributed by atoms with Crippen LogP contribution < -0.4 is 0 Å². The van der Waals surface area contributed by atoms with Gasteiger partial charge in [0.1, 0.15) is 5.78 Å². The summed E-state index contributed by atoms with van der Waals surface area (Å²) < 4.78 is 18.9. The van der Waals surface area contributed by atoms with Crippen LogP contribution in [-0.2, 0) is 18.7 Å². The van der Waals surface area contributed by atoms with E-state index in [1.54, 1.807) is 6.92 Å². The van der Waals surface area contributed by atoms with Crippen molar-refractivity contribution in [2.24, 2.45) is 11.8 Å². The Morgan fingerprint density at radius 1 is 1.20 bits per heavy atom. The van der Waals surface area contributed by atoms with Crippen LogP contribution in [-0.4, -0.2) is 56.7 Å². The third-order valence-electron chi connectivity index (χ3n) is 6.01. The minimum Gasteiger partial charge on any atom is -0.392 e. The van der Waals surface area contributed by atoms with E-state index in [-0.39, 0.29) is 41.6 Å². The maximum atomic E-state index is 12.7. The molecule has 0 saturated carbocycles. The van der Waals surface area contributed by atoms with Gasteiger partial charge < -0.3 is 13.9 Å². The molecular weight excluding hydrogens is 394 g/mol. The summed E-state index contributed by atoms with van der Waals surface area (Å²) in [4.78, 5) is 15.1. The van der Waals surface area contributed by atoms with Gasteiger partial charge in [0.25, 0.3) is 0 Å². The van der Waals surface area contributed by atoms with Crippen LogP contribution in [0.1, 0.15) is 45.7 Å². The number of fused-ring (bicyclic) bond motifs is 1. The van der Waals surface area contributed by atoms with Gasteiger partial charge in [-0.15, -0.1) is 0 Å². The zero-order valence-corrected chi connectivity index (χ0v) is 20.7. The molecule has 2 aliphatic heterocycles. The standard InChI is InChI=1S/C24H39NO4Si/c1-17(26)20-15-25-21(18-11-9-8-10-12-18)16-27-23(29-30(5,6)7)22(25)19(20)13-14-28-24(2,3)4/h8-12,19-23H,13-16H2,1-7H3/t19-,20-,21+,22-,23?/m1/s1. The average molecular weight is 434 g/mol. The Kier molecular flexibility index (Phi) is 7.25. The molecule has 5 nitrogen and oxygen atoms in total. The van der Waals surface area contributed by atoms with Crippen LogP contribution in [0.25, 0.3) is 0 Å². The van der Waals surface area contributed by atoms with Gasteiger partial charge in [-0.2, -0.15) is 0 Å². The van der Waals surface area contributed by atoms with Gasteiger partial charge in [0.15, 0.2) is 14.6 Å². The molecule has 2 saturated heterocycles. The minimum absolute atomic E-state index is 0.0146. The lowest BCUT2D eigenvalue weighted by Crippen LogP contribution is -2.55. The predicted molar refractivity (Wildman–Crippen MR) is 122 cm³/mol. The smallest absolute Gasteiger partial charge is 0.187 e. The number of ether oxygens (including phenoxy) is 2. The van der Waals surface area contributed by atoms with Crippen LogP contribution in [0.5, 0.6) is 0 Å². The number of carbonyl (C=O) groups excluding carboxylic acids is 1. The Morgan fingerprint density at radius 2 is 1.87 bits per heavy atom. The van der Waals surface area contributed by atoms with E-state index in [1.165, 1.54) is 5.56 Å². The van der Waals surface area contributed by atoms with E-state index in [2.05, 4.69) is 69.6 Å². The molecule has 0 spiro atoms. The SMILES string of the molecule is CC(=O)[C@H]1CN2[C@H](c3ccccc3)COC(O[Si](C)(C)C)[C@H]2[C@@H]1CCOC(C)(C)C. The average Bonchev–Trinajstić information content (AvgIpc) is 3.01. The van der Waals surface area contributed by atoms with Gasteiger partial charge in [-0.1, -0.05) is 30.3 Å². The van der Waals surface area contributed by atoms with Crippen LogP contribution >= 0.6 is 0 Å². The molecule has 2 heterocycles. The maximum absolute atomic E-state index is 12.7. The highest BCUT2D eigenvalue weighted by molar-refractivity contribution is 6.69. The van der Waals surface area contributed by atoms with Gasteiger partial charge in [0, 0.05) is 19.1 Å². The van der Waals surface area contributed by atoms with Gasteiger partial charge in [0.05, 0.1) is 24.3 Å². The first-order chi connectivity index (χ1) is 14.0. The van der Waals surface area contributed by atoms with E-state index < -0.39 is 8.32 Å². The molecule has 0 N–H and O–H groups in total. The Balaban J connectivity index is 1.90. The summed E-state index contributed by atoms with van der Waals surface area (Å²) in [6.07, 6.45) is 0.541. The summed E-state index contributed by atoms with van der Waals surface area (Å²) in [6.45, 7) is 16.5. The zero-order chi connectivity index (χ0) is 22.1. The van der Waals surface area contributed by atoms with E-state index in [9.17, 15) is 4.79 Å². The number of rotatable bonds is 7. The molecule has 0 aromatic heterocycles. The van der Waals surface area contributed by atoms with Crippen molar-refractivity contribution >= 4 is 14.1 Å². The fourth-order valence-corrected chi connectivity index (χ4v) is 5.66. The van der Waals surface area contributed by atoms with Crippen molar-refractivity contribution in [3.8, 4) is 0 Å². The highest BCUT2D eigenvalue weighted by Gasteiger charge is 2.53. The van der Waals surface area contributed by atoms with E-state index in [1.807, 2.05) is 6.07 Å². The molecule has 0 aliphatic carbocycles. The molecule has 30 heavy (non-hydrogen) atoms. The largest absolute Gasteiger partial charge is 0.392 e. The summed E-state index contributed by atoms with van der Waals surface area (Å²) in [7, 11) is -1.81. The minimum atomic E-state index is -1.81. The van der Waals surface area contributed by atoms with Crippen molar-refractivity contribution in [1.29, 1.82) is 0 Å². The van der Waals surface area contributed by atoms with Crippen molar-refractivity contribution in [2.45, 2.75) is 77.7 Å². The van der Waals surface area contributed by atoms with Crippen LogP contribution in [0.4, 0.5) is 0 Å². The topological polar surface area (TPSA) is 48.0 Å². The Labute approximate surface area is 183 Å². The molecule has 1 aromatic rings. The van der Waals surface area contributed by atoms with Crippen LogP contribution in [0.3, 0.4) is 0 Å². The number of morpholine rings is 1. The molecular formula is C24H39NO4Si. The van der Waals surface area contributed by atoms with Crippen molar-refractivity contribution < 1.29 is 18.7 Å². The predicted octanol–water partition coefficient (Wildman–Crippen LogP) is 4.65. The van der Waals surface area contributed by atoms with Crippen LogP contribution in [0.2, 0.25) is 19.6 Å². The van der Waals surface area contributed by atoms with Gasteiger partial charge >= 0.3 is 0 Å². The quantitative estimate of drug-likeness (QED) is 0.586. The number of nitrogens with zero attached hydrogens (tertiary/aromatic N) is 1. The first kappa shape index (κ1) is 23.6. The lowest BCUT2D eigenvalue weighted by molar-refractivity contribution is -0.189. The molecule has 2 aliphatic rings. The van der Waals surface area contributed by atoms with E-state index in [0.29, 0.717) is 13.2 Å².